The largest absolute Gasteiger partial charge is 0.369 e. The van der Waals surface area contributed by atoms with Crippen LogP contribution in [0.15, 0.2) is 67.0 Å². The Labute approximate surface area is 193 Å². The van der Waals surface area contributed by atoms with Crippen molar-refractivity contribution >= 4 is 33.3 Å². The molecule has 4 aromatic rings. The van der Waals surface area contributed by atoms with Gasteiger partial charge in [0.1, 0.15) is 17.0 Å². The maximum Gasteiger partial charge on any atom is 0.224 e. The van der Waals surface area contributed by atoms with Crippen molar-refractivity contribution in [2.45, 2.75) is 39.8 Å². The molecule has 0 fully saturated rings. The molecule has 164 valence electrons. The van der Waals surface area contributed by atoms with E-state index in [1.165, 1.54) is 4.88 Å². The number of nitrogens with one attached hydrogen (secondary N) is 1. The van der Waals surface area contributed by atoms with Gasteiger partial charge in [0.25, 0.3) is 0 Å². The van der Waals surface area contributed by atoms with Gasteiger partial charge < -0.3 is 10.2 Å². The van der Waals surface area contributed by atoms with E-state index >= 15 is 0 Å². The minimum atomic E-state index is 0.131. The van der Waals surface area contributed by atoms with Gasteiger partial charge in [-0.3, -0.25) is 4.79 Å². The van der Waals surface area contributed by atoms with Crippen LogP contribution >= 0.6 is 11.3 Å². The number of aryl methyl sites for hydroxylation is 1. The number of carbonyl (C=O) groups excluding carboxylic acids is 1. The highest BCUT2D eigenvalue weighted by atomic mass is 32.1. The highest BCUT2D eigenvalue weighted by molar-refractivity contribution is 7.19. The Kier molecular flexibility index (Phi) is 6.81. The highest BCUT2D eigenvalue weighted by Crippen LogP contribution is 2.40. The molecule has 0 saturated heterocycles. The van der Waals surface area contributed by atoms with Gasteiger partial charge in [0, 0.05) is 36.0 Å². The first-order valence-electron chi connectivity index (χ1n) is 10.9. The molecular weight excluding hydrogens is 416 g/mol. The Hall–Kier alpha value is -3.25. The average molecular weight is 445 g/mol. The Morgan fingerprint density at radius 3 is 2.41 bits per heavy atom. The molecule has 0 radical (unpaired) electrons. The smallest absolute Gasteiger partial charge is 0.224 e. The lowest BCUT2D eigenvalue weighted by molar-refractivity contribution is -0.133. The fraction of sp³-hybridized carbons (Fsp3) is 0.269. The predicted molar refractivity (Wildman–Crippen MR) is 133 cm³/mol. The summed E-state index contributed by atoms with van der Waals surface area (Å²) in [5, 5.41) is 4.43. The maximum atomic E-state index is 13.0. The summed E-state index contributed by atoms with van der Waals surface area (Å²) in [7, 11) is 0. The average Bonchev–Trinajstić information content (AvgIpc) is 3.15. The molecule has 0 saturated carbocycles. The molecule has 32 heavy (non-hydrogen) atoms. The fourth-order valence-corrected chi connectivity index (χ4v) is 4.91. The number of hydrogen-bond donors (Lipinski definition) is 1. The Balaban J connectivity index is 1.50. The minimum Gasteiger partial charge on any atom is -0.369 e. The molecule has 2 aromatic carbocycles. The van der Waals surface area contributed by atoms with Gasteiger partial charge in [0.2, 0.25) is 5.91 Å². The summed E-state index contributed by atoms with van der Waals surface area (Å²) in [5.74, 6) is 0.914. The number of rotatable bonds is 8. The van der Waals surface area contributed by atoms with Gasteiger partial charge in [-0.05, 0) is 31.9 Å². The van der Waals surface area contributed by atoms with Crippen LogP contribution in [0.5, 0.6) is 0 Å². The van der Waals surface area contributed by atoms with Crippen molar-refractivity contribution in [2.75, 3.05) is 11.9 Å². The third-order valence-electron chi connectivity index (χ3n) is 5.50. The summed E-state index contributed by atoms with van der Waals surface area (Å²) in [4.78, 5) is 26.1. The van der Waals surface area contributed by atoms with Gasteiger partial charge in [0.15, 0.2) is 0 Å². The zero-order valence-electron chi connectivity index (χ0n) is 18.7. The van der Waals surface area contributed by atoms with Crippen LogP contribution in [-0.2, 0) is 11.3 Å². The zero-order valence-corrected chi connectivity index (χ0v) is 19.5. The first-order valence-corrected chi connectivity index (χ1v) is 11.7. The summed E-state index contributed by atoms with van der Waals surface area (Å²) in [6.45, 7) is 7.38. The molecule has 0 spiro atoms. The molecule has 0 aliphatic carbocycles. The molecule has 0 bridgehead atoms. The maximum absolute atomic E-state index is 13.0. The van der Waals surface area contributed by atoms with E-state index in [9.17, 15) is 4.79 Å². The SMILES string of the molecule is Cc1sc2ncnc(NCCC(=O)N(Cc3ccccc3)C(C)C)c2c1-c1ccccc1. The lowest BCUT2D eigenvalue weighted by Gasteiger charge is -2.27. The van der Waals surface area contributed by atoms with Crippen molar-refractivity contribution in [3.05, 3.63) is 77.4 Å². The number of aromatic nitrogens is 2. The van der Waals surface area contributed by atoms with Crippen LogP contribution in [-0.4, -0.2) is 33.4 Å². The molecule has 0 atom stereocenters. The molecule has 0 aliphatic rings. The minimum absolute atomic E-state index is 0.131. The van der Waals surface area contributed by atoms with Crippen LogP contribution in [0.2, 0.25) is 0 Å². The second kappa shape index (κ2) is 9.92. The van der Waals surface area contributed by atoms with Gasteiger partial charge in [-0.2, -0.15) is 0 Å². The van der Waals surface area contributed by atoms with E-state index < -0.39 is 0 Å². The zero-order chi connectivity index (χ0) is 22.5. The molecule has 4 rings (SSSR count). The van der Waals surface area contributed by atoms with Crippen molar-refractivity contribution in [2.24, 2.45) is 0 Å². The Morgan fingerprint density at radius 2 is 1.72 bits per heavy atom. The summed E-state index contributed by atoms with van der Waals surface area (Å²) in [6.07, 6.45) is 1.99. The third kappa shape index (κ3) is 4.81. The van der Waals surface area contributed by atoms with Gasteiger partial charge >= 0.3 is 0 Å². The van der Waals surface area contributed by atoms with Crippen molar-refractivity contribution < 1.29 is 4.79 Å². The number of anilines is 1. The van der Waals surface area contributed by atoms with E-state index in [1.54, 1.807) is 17.7 Å². The van der Waals surface area contributed by atoms with Crippen molar-refractivity contribution in [3.8, 4) is 11.1 Å². The first-order chi connectivity index (χ1) is 15.5. The van der Waals surface area contributed by atoms with Gasteiger partial charge in [-0.15, -0.1) is 11.3 Å². The molecule has 2 heterocycles. The molecular formula is C26H28N4OS. The molecule has 0 aliphatic heterocycles. The molecule has 6 heteroatoms. The normalized spacial score (nSPS) is 11.1. The van der Waals surface area contributed by atoms with Gasteiger partial charge in [0.05, 0.1) is 5.39 Å². The van der Waals surface area contributed by atoms with Crippen LogP contribution in [0, 0.1) is 6.92 Å². The number of carbonyl (C=O) groups is 1. The topological polar surface area (TPSA) is 58.1 Å². The van der Waals surface area contributed by atoms with E-state index in [4.69, 9.17) is 0 Å². The van der Waals surface area contributed by atoms with Crippen LogP contribution in [0.1, 0.15) is 30.7 Å². The third-order valence-corrected chi connectivity index (χ3v) is 6.51. The van der Waals surface area contributed by atoms with Crippen LogP contribution < -0.4 is 5.32 Å². The van der Waals surface area contributed by atoms with Crippen molar-refractivity contribution in [1.82, 2.24) is 14.9 Å². The summed E-state index contributed by atoms with van der Waals surface area (Å²) in [6, 6.07) is 20.6. The van der Waals surface area contributed by atoms with E-state index in [1.807, 2.05) is 41.3 Å². The number of hydrogen-bond acceptors (Lipinski definition) is 5. The van der Waals surface area contributed by atoms with E-state index in [0.29, 0.717) is 19.5 Å². The molecule has 1 amide bonds. The van der Waals surface area contributed by atoms with Crippen LogP contribution in [0.4, 0.5) is 5.82 Å². The fourth-order valence-electron chi connectivity index (χ4n) is 3.90. The second-order valence-electron chi connectivity index (χ2n) is 8.08. The molecule has 5 nitrogen and oxygen atoms in total. The first kappa shape index (κ1) is 22.0. The summed E-state index contributed by atoms with van der Waals surface area (Å²) < 4.78 is 0. The lowest BCUT2D eigenvalue weighted by Crippen LogP contribution is -2.37. The van der Waals surface area contributed by atoms with Gasteiger partial charge in [-0.1, -0.05) is 60.7 Å². The number of thiophene rings is 1. The quantitative estimate of drug-likeness (QED) is 0.367. The number of fused-ring (bicyclic) bond motifs is 1. The molecule has 0 unspecified atom stereocenters. The van der Waals surface area contributed by atoms with Gasteiger partial charge in [-0.25, -0.2) is 9.97 Å². The standard InChI is InChI=1S/C26H28N4OS/c1-18(2)30(16-20-10-6-4-7-11-20)22(31)14-15-27-25-24-23(21-12-8-5-9-13-21)19(3)32-26(24)29-17-28-25/h4-13,17-18H,14-16H2,1-3H3,(H,27,28,29). The Bertz CT molecular complexity index is 1190. The number of amides is 1. The monoisotopic (exact) mass is 444 g/mol. The van der Waals surface area contributed by atoms with Crippen molar-refractivity contribution in [3.63, 3.8) is 0 Å². The predicted octanol–water partition coefficient (Wildman–Crippen LogP) is 5.91. The van der Waals surface area contributed by atoms with E-state index in [2.05, 4.69) is 60.3 Å². The lowest BCUT2D eigenvalue weighted by atomic mass is 10.0. The van der Waals surface area contributed by atoms with Crippen molar-refractivity contribution in [1.29, 1.82) is 0 Å². The number of benzene rings is 2. The Morgan fingerprint density at radius 1 is 1.03 bits per heavy atom. The van der Waals surface area contributed by atoms with Crippen LogP contribution in [0.25, 0.3) is 21.3 Å². The van der Waals surface area contributed by atoms with Crippen LogP contribution in [0.3, 0.4) is 0 Å². The highest BCUT2D eigenvalue weighted by Gasteiger charge is 2.19. The summed E-state index contributed by atoms with van der Waals surface area (Å²) in [5.41, 5.74) is 3.45. The molecule has 2 aromatic heterocycles. The second-order valence-corrected chi connectivity index (χ2v) is 9.28. The van der Waals surface area contributed by atoms with E-state index in [0.717, 1.165) is 32.7 Å². The van der Waals surface area contributed by atoms with E-state index in [-0.39, 0.29) is 11.9 Å². The molecule has 1 N–H and O–H groups in total. The number of nitrogens with zero attached hydrogens (tertiary/aromatic N) is 3. The summed E-state index contributed by atoms with van der Waals surface area (Å²) >= 11 is 1.67.